The molecule has 1 heterocycles. The smallest absolute Gasteiger partial charge is 0.306 e. The number of carbonyl (C=O) groups is 1. The fraction of sp³-hybridized carbons (Fsp3) is 0.588. The highest BCUT2D eigenvalue weighted by Crippen LogP contribution is 2.38. The zero-order valence-electron chi connectivity index (χ0n) is 12.9. The second kappa shape index (κ2) is 7.28. The molecule has 1 aromatic rings. The Hall–Kier alpha value is -1.06. The SMILES string of the molecule is CCCc1cc(C2(CC(=O)OC)CCNCC2)ccc1Cl. The number of hydrogen-bond acceptors (Lipinski definition) is 3. The van der Waals surface area contributed by atoms with E-state index in [2.05, 4.69) is 24.4 Å². The van der Waals surface area contributed by atoms with E-state index >= 15 is 0 Å². The molecule has 1 aromatic carbocycles. The van der Waals surface area contributed by atoms with Gasteiger partial charge in [0.25, 0.3) is 0 Å². The number of piperidine rings is 1. The lowest BCUT2D eigenvalue weighted by molar-refractivity contribution is -0.142. The normalized spacial score (nSPS) is 17.5. The Balaban J connectivity index is 2.36. The number of aryl methyl sites for hydroxylation is 1. The Kier molecular flexibility index (Phi) is 5.65. The number of benzene rings is 1. The van der Waals surface area contributed by atoms with Gasteiger partial charge in [-0.1, -0.05) is 37.1 Å². The average Bonchev–Trinajstić information content (AvgIpc) is 2.50. The maximum atomic E-state index is 11.9. The molecule has 0 amide bonds. The van der Waals surface area contributed by atoms with Crippen LogP contribution in [0.3, 0.4) is 0 Å². The highest BCUT2D eigenvalue weighted by Gasteiger charge is 2.36. The van der Waals surface area contributed by atoms with Gasteiger partial charge in [0, 0.05) is 10.4 Å². The number of esters is 1. The molecule has 2 rings (SSSR count). The van der Waals surface area contributed by atoms with Crippen LogP contribution in [0.5, 0.6) is 0 Å². The van der Waals surface area contributed by atoms with Gasteiger partial charge >= 0.3 is 5.97 Å². The number of methoxy groups -OCH3 is 1. The minimum absolute atomic E-state index is 0.120. The van der Waals surface area contributed by atoms with Gasteiger partial charge in [-0.15, -0.1) is 0 Å². The monoisotopic (exact) mass is 309 g/mol. The lowest BCUT2D eigenvalue weighted by Gasteiger charge is -2.37. The average molecular weight is 310 g/mol. The molecule has 0 radical (unpaired) electrons. The molecule has 21 heavy (non-hydrogen) atoms. The van der Waals surface area contributed by atoms with E-state index in [0.717, 1.165) is 43.8 Å². The molecule has 3 nitrogen and oxygen atoms in total. The van der Waals surface area contributed by atoms with Crippen molar-refractivity contribution in [3.05, 3.63) is 34.3 Å². The molecule has 1 saturated heterocycles. The molecule has 1 fully saturated rings. The van der Waals surface area contributed by atoms with Gasteiger partial charge in [0.2, 0.25) is 0 Å². The van der Waals surface area contributed by atoms with Crippen LogP contribution in [0, 0.1) is 0 Å². The van der Waals surface area contributed by atoms with E-state index < -0.39 is 0 Å². The van der Waals surface area contributed by atoms with Crippen LogP contribution in [-0.4, -0.2) is 26.2 Å². The zero-order valence-corrected chi connectivity index (χ0v) is 13.6. The van der Waals surface area contributed by atoms with Crippen molar-refractivity contribution in [2.24, 2.45) is 0 Å². The second-order valence-electron chi connectivity index (χ2n) is 5.84. The van der Waals surface area contributed by atoms with Gasteiger partial charge in [-0.3, -0.25) is 4.79 Å². The molecule has 116 valence electrons. The number of carbonyl (C=O) groups excluding carboxylic acids is 1. The van der Waals surface area contributed by atoms with Crippen molar-refractivity contribution in [2.45, 2.75) is 44.4 Å². The van der Waals surface area contributed by atoms with E-state index in [1.54, 1.807) is 0 Å². The van der Waals surface area contributed by atoms with Crippen LogP contribution in [0.1, 0.15) is 43.7 Å². The van der Waals surface area contributed by atoms with Crippen LogP contribution >= 0.6 is 11.6 Å². The summed E-state index contributed by atoms with van der Waals surface area (Å²) in [4.78, 5) is 11.9. The van der Waals surface area contributed by atoms with E-state index in [1.807, 2.05) is 6.07 Å². The summed E-state index contributed by atoms with van der Waals surface area (Å²) < 4.78 is 4.92. The van der Waals surface area contributed by atoms with Gasteiger partial charge in [-0.25, -0.2) is 0 Å². The molecule has 0 aliphatic carbocycles. The first kappa shape index (κ1) is 16.3. The lowest BCUT2D eigenvalue weighted by atomic mass is 9.70. The first-order chi connectivity index (χ1) is 10.1. The Bertz CT molecular complexity index is 496. The van der Waals surface area contributed by atoms with Crippen molar-refractivity contribution < 1.29 is 9.53 Å². The molecule has 0 spiro atoms. The van der Waals surface area contributed by atoms with E-state index in [-0.39, 0.29) is 11.4 Å². The molecule has 0 aromatic heterocycles. The molecule has 0 bridgehead atoms. The summed E-state index contributed by atoms with van der Waals surface area (Å²) in [5.41, 5.74) is 2.28. The van der Waals surface area contributed by atoms with Crippen molar-refractivity contribution >= 4 is 17.6 Å². The third kappa shape index (κ3) is 3.78. The maximum Gasteiger partial charge on any atom is 0.306 e. The predicted molar refractivity (Wildman–Crippen MR) is 85.9 cm³/mol. The lowest BCUT2D eigenvalue weighted by Crippen LogP contribution is -2.41. The highest BCUT2D eigenvalue weighted by atomic mass is 35.5. The van der Waals surface area contributed by atoms with Crippen molar-refractivity contribution in [3.63, 3.8) is 0 Å². The Morgan fingerprint density at radius 2 is 2.10 bits per heavy atom. The fourth-order valence-electron chi connectivity index (χ4n) is 3.19. The topological polar surface area (TPSA) is 38.3 Å². The van der Waals surface area contributed by atoms with Gasteiger partial charge in [-0.2, -0.15) is 0 Å². The summed E-state index contributed by atoms with van der Waals surface area (Å²) in [6.07, 6.45) is 4.39. The van der Waals surface area contributed by atoms with Crippen LogP contribution < -0.4 is 5.32 Å². The molecular formula is C17H24ClNO2. The number of halogens is 1. The third-order valence-corrected chi connectivity index (χ3v) is 4.82. The molecule has 1 aliphatic heterocycles. The van der Waals surface area contributed by atoms with Gasteiger partial charge in [0.05, 0.1) is 13.5 Å². The van der Waals surface area contributed by atoms with Crippen LogP contribution in [0.15, 0.2) is 18.2 Å². The van der Waals surface area contributed by atoms with Crippen molar-refractivity contribution in [2.75, 3.05) is 20.2 Å². The van der Waals surface area contributed by atoms with Crippen LogP contribution in [-0.2, 0) is 21.4 Å². The van der Waals surface area contributed by atoms with Gasteiger partial charge in [0.1, 0.15) is 0 Å². The van der Waals surface area contributed by atoms with Crippen molar-refractivity contribution in [3.8, 4) is 0 Å². The summed E-state index contributed by atoms with van der Waals surface area (Å²) in [5.74, 6) is -0.135. The zero-order chi connectivity index (χ0) is 15.3. The summed E-state index contributed by atoms with van der Waals surface area (Å²) in [6.45, 7) is 4.02. The largest absolute Gasteiger partial charge is 0.469 e. The number of nitrogens with one attached hydrogen (secondary N) is 1. The van der Waals surface area contributed by atoms with E-state index in [1.165, 1.54) is 18.2 Å². The van der Waals surface area contributed by atoms with Crippen molar-refractivity contribution in [1.29, 1.82) is 0 Å². The van der Waals surface area contributed by atoms with Gasteiger partial charge < -0.3 is 10.1 Å². The van der Waals surface area contributed by atoms with E-state index in [0.29, 0.717) is 6.42 Å². The fourth-order valence-corrected chi connectivity index (χ4v) is 3.40. The minimum Gasteiger partial charge on any atom is -0.469 e. The summed E-state index contributed by atoms with van der Waals surface area (Å²) in [6, 6.07) is 6.25. The molecule has 1 N–H and O–H groups in total. The number of hydrogen-bond donors (Lipinski definition) is 1. The first-order valence-electron chi connectivity index (χ1n) is 7.68. The standard InChI is InChI=1S/C17H24ClNO2/c1-3-4-13-11-14(5-6-15(13)18)17(12-16(20)21-2)7-9-19-10-8-17/h5-6,11,19H,3-4,7-10,12H2,1-2H3. The number of rotatable bonds is 5. The second-order valence-corrected chi connectivity index (χ2v) is 6.25. The van der Waals surface area contributed by atoms with Crippen LogP contribution in [0.2, 0.25) is 5.02 Å². The summed E-state index contributed by atoms with van der Waals surface area (Å²) in [7, 11) is 1.46. The molecule has 4 heteroatoms. The number of ether oxygens (including phenoxy) is 1. The Labute approximate surface area is 132 Å². The molecule has 1 aliphatic rings. The van der Waals surface area contributed by atoms with E-state index in [4.69, 9.17) is 16.3 Å². The van der Waals surface area contributed by atoms with E-state index in [9.17, 15) is 4.79 Å². The highest BCUT2D eigenvalue weighted by molar-refractivity contribution is 6.31. The van der Waals surface area contributed by atoms with Crippen LogP contribution in [0.25, 0.3) is 0 Å². The molecule has 0 saturated carbocycles. The Morgan fingerprint density at radius 1 is 1.38 bits per heavy atom. The quantitative estimate of drug-likeness (QED) is 0.846. The predicted octanol–water partition coefficient (Wildman–Crippen LogP) is 3.48. The summed E-state index contributed by atoms with van der Waals surface area (Å²) >= 11 is 6.29. The maximum absolute atomic E-state index is 11.9. The molecule has 0 atom stereocenters. The van der Waals surface area contributed by atoms with Gasteiger partial charge in [0.15, 0.2) is 0 Å². The Morgan fingerprint density at radius 3 is 2.71 bits per heavy atom. The molecular weight excluding hydrogens is 286 g/mol. The van der Waals surface area contributed by atoms with Gasteiger partial charge in [-0.05, 0) is 49.5 Å². The summed E-state index contributed by atoms with van der Waals surface area (Å²) in [5, 5.41) is 4.20. The first-order valence-corrected chi connectivity index (χ1v) is 8.05. The van der Waals surface area contributed by atoms with Crippen LogP contribution in [0.4, 0.5) is 0 Å². The molecule has 0 unspecified atom stereocenters. The minimum atomic E-state index is -0.135. The van der Waals surface area contributed by atoms with Crippen molar-refractivity contribution in [1.82, 2.24) is 5.32 Å². The third-order valence-electron chi connectivity index (χ3n) is 4.45.